The monoisotopic (exact) mass is 578 g/mol. The largest absolute Gasteiger partial charge is 0.507 e. The van der Waals surface area contributed by atoms with Crippen molar-refractivity contribution >= 4 is 29.2 Å². The summed E-state index contributed by atoms with van der Waals surface area (Å²) in [6, 6.07) is 3.95. The number of ketones is 3. The molecule has 12 heteroatoms. The lowest BCUT2D eigenvalue weighted by Crippen LogP contribution is -2.75. The third-order valence-corrected chi connectivity index (χ3v) is 9.21. The van der Waals surface area contributed by atoms with Gasteiger partial charge in [0.15, 0.2) is 23.0 Å². The summed E-state index contributed by atoms with van der Waals surface area (Å²) in [4.78, 5) is 71.8. The zero-order valence-electron chi connectivity index (χ0n) is 23.5. The molecule has 42 heavy (non-hydrogen) atoms. The van der Waals surface area contributed by atoms with Crippen molar-refractivity contribution in [3.8, 4) is 5.75 Å². The van der Waals surface area contributed by atoms with Gasteiger partial charge in [-0.3, -0.25) is 29.0 Å². The van der Waals surface area contributed by atoms with Gasteiger partial charge < -0.3 is 31.3 Å². The minimum absolute atomic E-state index is 0.0437. The van der Waals surface area contributed by atoms with E-state index in [1.165, 1.54) is 12.4 Å². The normalized spacial score (nSPS) is 30.4. The summed E-state index contributed by atoms with van der Waals surface area (Å²) in [6.45, 7) is 1.77. The molecule has 3 aliphatic rings. The predicted octanol–water partition coefficient (Wildman–Crippen LogP) is -0.454. The van der Waals surface area contributed by atoms with E-state index in [-0.39, 0.29) is 36.3 Å². The van der Waals surface area contributed by atoms with Crippen LogP contribution in [0.1, 0.15) is 50.8 Å². The SMILES string of the molecule is CCc1cc(CNC(=O)c2cccnc2)c(O)c2c1C[C@@H]1C[C@@H]3[C@@H](N(C)C)C(O)C(C(N)=O)C(=O)[C@]3(O)C(=O)C1C2=O. The molecule has 3 aliphatic carbocycles. The number of nitrogens with two attached hydrogens (primary N) is 1. The number of fused-ring (bicyclic) bond motifs is 3. The predicted molar refractivity (Wildman–Crippen MR) is 147 cm³/mol. The quantitative estimate of drug-likeness (QED) is 0.280. The van der Waals surface area contributed by atoms with Crippen LogP contribution >= 0.6 is 0 Å². The van der Waals surface area contributed by atoms with Crippen LogP contribution in [0.25, 0.3) is 0 Å². The number of aliphatic hydroxyl groups is 2. The molecule has 1 aromatic carbocycles. The lowest BCUT2D eigenvalue weighted by atomic mass is 9.52. The van der Waals surface area contributed by atoms with Crippen LogP contribution in [0.5, 0.6) is 5.75 Å². The number of aliphatic hydroxyl groups excluding tert-OH is 1. The second-order valence-corrected chi connectivity index (χ2v) is 11.6. The molecule has 2 fully saturated rings. The zero-order chi connectivity index (χ0) is 30.7. The molecular weight excluding hydrogens is 544 g/mol. The van der Waals surface area contributed by atoms with Crippen LogP contribution in [-0.4, -0.2) is 86.2 Å². The second kappa shape index (κ2) is 10.7. The van der Waals surface area contributed by atoms with Crippen LogP contribution in [0.15, 0.2) is 30.6 Å². The molecular formula is C30H34N4O8. The Morgan fingerprint density at radius 3 is 2.50 bits per heavy atom. The molecule has 222 valence electrons. The molecule has 0 radical (unpaired) electrons. The number of aromatic nitrogens is 1. The number of phenols is 1. The van der Waals surface area contributed by atoms with Crippen molar-refractivity contribution in [1.82, 2.24) is 15.2 Å². The van der Waals surface area contributed by atoms with E-state index in [1.807, 2.05) is 6.92 Å². The average molecular weight is 579 g/mol. The molecule has 2 amide bonds. The van der Waals surface area contributed by atoms with Crippen molar-refractivity contribution in [3.05, 3.63) is 58.4 Å². The van der Waals surface area contributed by atoms with Crippen molar-refractivity contribution in [2.75, 3.05) is 14.1 Å². The summed E-state index contributed by atoms with van der Waals surface area (Å²) < 4.78 is 0. The van der Waals surface area contributed by atoms with Gasteiger partial charge >= 0.3 is 0 Å². The fraction of sp³-hybridized carbons (Fsp3) is 0.467. The van der Waals surface area contributed by atoms with E-state index in [0.717, 1.165) is 5.56 Å². The number of carbonyl (C=O) groups excluding carboxylic acids is 5. The molecule has 12 nitrogen and oxygen atoms in total. The third-order valence-electron chi connectivity index (χ3n) is 9.21. The van der Waals surface area contributed by atoms with E-state index < -0.39 is 70.6 Å². The first kappa shape index (κ1) is 29.5. The summed E-state index contributed by atoms with van der Waals surface area (Å²) in [5.41, 5.74) is 4.53. The van der Waals surface area contributed by atoms with E-state index in [4.69, 9.17) is 5.73 Å². The number of Topliss-reactive ketones (excluding diaryl/α,β-unsaturated/α-hetero) is 3. The number of hydrogen-bond donors (Lipinski definition) is 5. The van der Waals surface area contributed by atoms with Crippen molar-refractivity contribution in [3.63, 3.8) is 0 Å². The Morgan fingerprint density at radius 2 is 1.90 bits per heavy atom. The number of benzene rings is 1. The van der Waals surface area contributed by atoms with E-state index >= 15 is 0 Å². The van der Waals surface area contributed by atoms with Gasteiger partial charge in [-0.1, -0.05) is 13.0 Å². The number of aryl methyl sites for hydroxylation is 1. The standard InChI is InChI=1S/C30H34N4O8/c1-4-13-8-16(12-33-29(41)14-6-5-7-32-11-14)23(35)20-17(13)9-15-10-18-22(34(2)3)25(37)21(28(31)40)27(39)30(18,42)26(38)19(15)24(20)36/h5-8,11,15,18-19,21-22,25,35,37,42H,4,9-10,12H2,1-3H3,(H2,31,40)(H,33,41)/t15-,18-,19?,21?,22-,25?,30-/m1/s1. The van der Waals surface area contributed by atoms with Gasteiger partial charge in [0.05, 0.1) is 23.1 Å². The molecule has 1 aromatic heterocycles. The van der Waals surface area contributed by atoms with E-state index in [9.17, 15) is 39.3 Å². The van der Waals surface area contributed by atoms with Crippen LogP contribution in [0.4, 0.5) is 0 Å². The Hall–Kier alpha value is -4.00. The van der Waals surface area contributed by atoms with Crippen molar-refractivity contribution < 1.29 is 39.3 Å². The van der Waals surface area contributed by atoms with Crippen LogP contribution in [0.3, 0.4) is 0 Å². The van der Waals surface area contributed by atoms with Gasteiger partial charge in [0.2, 0.25) is 5.91 Å². The molecule has 3 unspecified atom stereocenters. The Labute approximate surface area is 241 Å². The number of pyridine rings is 1. The van der Waals surface area contributed by atoms with E-state index in [1.54, 1.807) is 37.2 Å². The molecule has 7 atom stereocenters. The van der Waals surface area contributed by atoms with Crippen LogP contribution in [0, 0.1) is 23.7 Å². The summed E-state index contributed by atoms with van der Waals surface area (Å²) in [5.74, 6) is -9.98. The van der Waals surface area contributed by atoms with Crippen LogP contribution in [0.2, 0.25) is 0 Å². The minimum Gasteiger partial charge on any atom is -0.507 e. The summed E-state index contributed by atoms with van der Waals surface area (Å²) >= 11 is 0. The van der Waals surface area contributed by atoms with E-state index in [0.29, 0.717) is 17.5 Å². The van der Waals surface area contributed by atoms with Gasteiger partial charge in [-0.25, -0.2) is 0 Å². The highest BCUT2D eigenvalue weighted by Crippen LogP contribution is 2.52. The Bertz CT molecular complexity index is 1490. The van der Waals surface area contributed by atoms with Gasteiger partial charge in [-0.15, -0.1) is 0 Å². The van der Waals surface area contributed by atoms with Crippen molar-refractivity contribution in [1.29, 1.82) is 0 Å². The third kappa shape index (κ3) is 4.32. The van der Waals surface area contributed by atoms with Gasteiger partial charge in [0, 0.05) is 36.5 Å². The summed E-state index contributed by atoms with van der Waals surface area (Å²) in [6.07, 6.45) is 2.13. The Balaban J connectivity index is 1.54. The fourth-order valence-electron chi connectivity index (χ4n) is 7.25. The number of nitrogens with zero attached hydrogens (tertiary/aromatic N) is 2. The van der Waals surface area contributed by atoms with Gasteiger partial charge in [0.25, 0.3) is 5.91 Å². The zero-order valence-corrected chi connectivity index (χ0v) is 23.5. The highest BCUT2D eigenvalue weighted by atomic mass is 16.3. The topological polar surface area (TPSA) is 200 Å². The smallest absolute Gasteiger partial charge is 0.253 e. The van der Waals surface area contributed by atoms with Gasteiger partial charge in [-0.05, 0) is 62.5 Å². The number of aromatic hydroxyl groups is 1. The first-order valence-electron chi connectivity index (χ1n) is 13.9. The van der Waals surface area contributed by atoms with Gasteiger partial charge in [-0.2, -0.15) is 0 Å². The maximum atomic E-state index is 14.0. The maximum absolute atomic E-state index is 14.0. The molecule has 6 N–H and O–H groups in total. The number of carbonyl (C=O) groups is 5. The molecule has 0 saturated heterocycles. The fourth-order valence-corrected chi connectivity index (χ4v) is 7.25. The average Bonchev–Trinajstić information content (AvgIpc) is 2.94. The molecule has 0 bridgehead atoms. The highest BCUT2D eigenvalue weighted by Gasteiger charge is 2.69. The first-order valence-corrected chi connectivity index (χ1v) is 13.9. The summed E-state index contributed by atoms with van der Waals surface area (Å²) in [5, 5.41) is 36.7. The second-order valence-electron chi connectivity index (χ2n) is 11.6. The molecule has 1 heterocycles. The number of rotatable bonds is 6. The number of nitrogens with one attached hydrogen (secondary N) is 1. The van der Waals surface area contributed by atoms with Crippen LogP contribution < -0.4 is 11.1 Å². The number of phenolic OH excluding ortho intramolecular Hbond substituents is 1. The number of primary amides is 1. The summed E-state index contributed by atoms with van der Waals surface area (Å²) in [7, 11) is 3.20. The molecule has 2 aromatic rings. The molecule has 5 rings (SSSR count). The number of hydrogen-bond acceptors (Lipinski definition) is 10. The highest BCUT2D eigenvalue weighted by molar-refractivity contribution is 6.25. The lowest BCUT2D eigenvalue weighted by molar-refractivity contribution is -0.190. The molecule has 0 spiro atoms. The van der Waals surface area contributed by atoms with Crippen molar-refractivity contribution in [2.45, 2.75) is 50.5 Å². The Morgan fingerprint density at radius 1 is 1.19 bits per heavy atom. The van der Waals surface area contributed by atoms with Crippen molar-refractivity contribution in [2.24, 2.45) is 29.4 Å². The number of likely N-dealkylation sites (N-methyl/N-ethyl adjacent to an activating group) is 1. The Kier molecular flexibility index (Phi) is 7.50. The maximum Gasteiger partial charge on any atom is 0.253 e. The first-order chi connectivity index (χ1) is 19.8. The molecule has 0 aliphatic heterocycles. The van der Waals surface area contributed by atoms with E-state index in [2.05, 4.69) is 10.3 Å². The minimum atomic E-state index is -2.72. The molecule has 2 saturated carbocycles. The lowest BCUT2D eigenvalue weighted by Gasteiger charge is -2.55. The van der Waals surface area contributed by atoms with Gasteiger partial charge in [0.1, 0.15) is 11.7 Å². The van der Waals surface area contributed by atoms with Crippen LogP contribution in [-0.2, 0) is 33.8 Å². The number of amides is 2.